The van der Waals surface area contributed by atoms with E-state index in [9.17, 15) is 26.6 Å². The summed E-state index contributed by atoms with van der Waals surface area (Å²) >= 11 is 0. The maximum atomic E-state index is 13.8. The number of anilines is 1. The van der Waals surface area contributed by atoms with Crippen LogP contribution in [0.25, 0.3) is 0 Å². The lowest BCUT2D eigenvalue weighted by Gasteiger charge is -2.18. The first kappa shape index (κ1) is 19.9. The molecule has 26 heavy (non-hydrogen) atoms. The molecular weight excluding hydrogens is 374 g/mol. The van der Waals surface area contributed by atoms with Crippen molar-refractivity contribution in [2.24, 2.45) is 0 Å². The van der Waals surface area contributed by atoms with Crippen LogP contribution in [0, 0.1) is 5.82 Å². The molecule has 0 radical (unpaired) electrons. The van der Waals surface area contributed by atoms with Crippen LogP contribution in [0.4, 0.5) is 23.2 Å². The molecule has 9 heteroatoms. The number of rotatable bonds is 5. The quantitative estimate of drug-likeness (QED) is 0.787. The third-order valence-electron chi connectivity index (χ3n) is 3.37. The van der Waals surface area contributed by atoms with Gasteiger partial charge < -0.3 is 10.1 Å². The van der Waals surface area contributed by atoms with E-state index in [1.807, 2.05) is 0 Å². The average molecular weight is 389 g/mol. The van der Waals surface area contributed by atoms with Crippen LogP contribution in [0.3, 0.4) is 0 Å². The maximum absolute atomic E-state index is 13.8. The first-order valence-electron chi connectivity index (χ1n) is 7.36. The van der Waals surface area contributed by atoms with Gasteiger partial charge in [-0.3, -0.25) is 9.00 Å². The first-order valence-corrected chi connectivity index (χ1v) is 8.92. The Kier molecular flexibility index (Phi) is 6.01. The molecule has 0 spiro atoms. The Bertz CT molecular complexity index is 839. The normalized spacial score (nSPS) is 13.8. The Morgan fingerprint density at radius 3 is 2.42 bits per heavy atom. The van der Waals surface area contributed by atoms with E-state index in [1.54, 1.807) is 0 Å². The lowest BCUT2D eigenvalue weighted by Crippen LogP contribution is -2.30. The molecule has 0 heterocycles. The van der Waals surface area contributed by atoms with E-state index in [-0.39, 0.29) is 10.6 Å². The summed E-state index contributed by atoms with van der Waals surface area (Å²) in [5, 5.41) is 2.34. The van der Waals surface area contributed by atoms with Crippen LogP contribution in [0.5, 0.6) is 5.75 Å². The zero-order valence-corrected chi connectivity index (χ0v) is 14.6. The number of ether oxygens (including phenoxy) is 1. The first-order chi connectivity index (χ1) is 12.1. The molecule has 1 N–H and O–H groups in total. The van der Waals surface area contributed by atoms with Gasteiger partial charge in [0.15, 0.2) is 6.10 Å². The van der Waals surface area contributed by atoms with Gasteiger partial charge in [-0.05, 0) is 37.3 Å². The second kappa shape index (κ2) is 7.86. The molecule has 0 aliphatic rings. The topological polar surface area (TPSA) is 55.4 Å². The van der Waals surface area contributed by atoms with Gasteiger partial charge in [0.05, 0.1) is 21.3 Å². The van der Waals surface area contributed by atoms with Crippen LogP contribution < -0.4 is 10.1 Å². The van der Waals surface area contributed by atoms with E-state index in [1.165, 1.54) is 37.4 Å². The van der Waals surface area contributed by atoms with Gasteiger partial charge in [0.1, 0.15) is 11.6 Å². The fraction of sp³-hybridized carbons (Fsp3) is 0.235. The third kappa shape index (κ3) is 4.81. The lowest BCUT2D eigenvalue weighted by atomic mass is 10.2. The average Bonchev–Trinajstić information content (AvgIpc) is 2.54. The third-order valence-corrected chi connectivity index (χ3v) is 4.33. The second-order valence-electron chi connectivity index (χ2n) is 5.34. The summed E-state index contributed by atoms with van der Waals surface area (Å²) in [6.07, 6.45) is -4.58. The Morgan fingerprint density at radius 2 is 1.85 bits per heavy atom. The predicted octanol–water partition coefficient (Wildman–Crippen LogP) is 3.99. The van der Waals surface area contributed by atoms with E-state index in [2.05, 4.69) is 5.32 Å². The molecule has 0 saturated heterocycles. The Hall–Kier alpha value is -2.42. The van der Waals surface area contributed by atoms with Gasteiger partial charge in [-0.1, -0.05) is 12.1 Å². The highest BCUT2D eigenvalue weighted by Crippen LogP contribution is 2.36. The Labute approximate surface area is 149 Å². The number of benzene rings is 2. The molecular formula is C17H15F4NO3S. The summed E-state index contributed by atoms with van der Waals surface area (Å²) < 4.78 is 69.0. The van der Waals surface area contributed by atoms with Gasteiger partial charge in [0.2, 0.25) is 0 Å². The zero-order chi connectivity index (χ0) is 19.5. The summed E-state index contributed by atoms with van der Waals surface area (Å²) in [5.41, 5.74) is -0.929. The zero-order valence-electron chi connectivity index (χ0n) is 13.8. The van der Waals surface area contributed by atoms with Crippen molar-refractivity contribution >= 4 is 22.4 Å². The number of alkyl halides is 3. The Balaban J connectivity index is 2.12. The van der Waals surface area contributed by atoms with E-state index < -0.39 is 46.1 Å². The molecule has 0 fully saturated rings. The smallest absolute Gasteiger partial charge is 0.419 e. The van der Waals surface area contributed by atoms with Crippen molar-refractivity contribution in [1.82, 2.24) is 0 Å². The molecule has 1 amide bonds. The van der Waals surface area contributed by atoms with Crippen molar-refractivity contribution in [3.8, 4) is 5.75 Å². The summed E-state index contributed by atoms with van der Waals surface area (Å²) in [6.45, 7) is 1.27. The fourth-order valence-electron chi connectivity index (χ4n) is 2.10. The molecule has 0 aromatic heterocycles. The minimum atomic E-state index is -4.62. The number of halogens is 4. The van der Waals surface area contributed by atoms with Gasteiger partial charge in [-0.25, -0.2) is 4.39 Å². The van der Waals surface area contributed by atoms with E-state index in [4.69, 9.17) is 4.74 Å². The molecule has 0 bridgehead atoms. The van der Waals surface area contributed by atoms with E-state index in [0.29, 0.717) is 0 Å². The van der Waals surface area contributed by atoms with Gasteiger partial charge in [-0.15, -0.1) is 0 Å². The van der Waals surface area contributed by atoms with Crippen LogP contribution in [0.1, 0.15) is 12.5 Å². The highest BCUT2D eigenvalue weighted by atomic mass is 32.2. The SMILES string of the molecule is C[C@H](Oc1ccccc1C(F)(F)F)C(=O)Nc1ccc([S@@](C)=O)c(F)c1. The van der Waals surface area contributed by atoms with Crippen molar-refractivity contribution in [3.05, 3.63) is 53.8 Å². The Morgan fingerprint density at radius 1 is 1.19 bits per heavy atom. The molecule has 2 atom stereocenters. The molecule has 140 valence electrons. The number of carbonyl (C=O) groups excluding carboxylic acids is 1. The van der Waals surface area contributed by atoms with Gasteiger partial charge in [0.25, 0.3) is 5.91 Å². The second-order valence-corrected chi connectivity index (χ2v) is 6.69. The number of amides is 1. The monoisotopic (exact) mass is 389 g/mol. The van der Waals surface area contributed by atoms with Crippen molar-refractivity contribution in [1.29, 1.82) is 0 Å². The lowest BCUT2D eigenvalue weighted by molar-refractivity contribution is -0.140. The summed E-state index contributed by atoms with van der Waals surface area (Å²) in [5.74, 6) is -2.00. The number of para-hydroxylation sites is 1. The molecule has 2 aromatic carbocycles. The molecule has 4 nitrogen and oxygen atoms in total. The molecule has 2 aromatic rings. The predicted molar refractivity (Wildman–Crippen MR) is 88.9 cm³/mol. The van der Waals surface area contributed by atoms with E-state index >= 15 is 0 Å². The van der Waals surface area contributed by atoms with Crippen LogP contribution in [0.2, 0.25) is 0 Å². The summed E-state index contributed by atoms with van der Waals surface area (Å²) in [7, 11) is -1.53. The van der Waals surface area contributed by atoms with Crippen molar-refractivity contribution in [2.75, 3.05) is 11.6 Å². The molecule has 0 aliphatic heterocycles. The van der Waals surface area contributed by atoms with Gasteiger partial charge in [0, 0.05) is 11.9 Å². The molecule has 0 saturated carbocycles. The molecule has 0 unspecified atom stereocenters. The molecule has 2 rings (SSSR count). The van der Waals surface area contributed by atoms with E-state index in [0.717, 1.165) is 18.2 Å². The number of carbonyl (C=O) groups is 1. The van der Waals surface area contributed by atoms with Crippen molar-refractivity contribution in [2.45, 2.75) is 24.1 Å². The maximum Gasteiger partial charge on any atom is 0.419 e. The standard InChI is InChI=1S/C17H15F4NO3S/c1-10(25-14-6-4-3-5-12(14)17(19,20)21)16(23)22-11-7-8-15(26(2)24)13(18)9-11/h3-10H,1-2H3,(H,22,23)/t10-,26+/m0/s1. The van der Waals surface area contributed by atoms with Crippen LogP contribution >= 0.6 is 0 Å². The van der Waals surface area contributed by atoms with Gasteiger partial charge >= 0.3 is 6.18 Å². The highest BCUT2D eigenvalue weighted by molar-refractivity contribution is 7.84. The fourth-order valence-corrected chi connectivity index (χ4v) is 2.70. The van der Waals surface area contributed by atoms with Crippen LogP contribution in [-0.4, -0.2) is 22.5 Å². The van der Waals surface area contributed by atoms with Gasteiger partial charge in [-0.2, -0.15) is 13.2 Å². The minimum Gasteiger partial charge on any atom is -0.480 e. The number of nitrogens with one attached hydrogen (secondary N) is 1. The highest BCUT2D eigenvalue weighted by Gasteiger charge is 2.34. The summed E-state index contributed by atoms with van der Waals surface area (Å²) in [4.78, 5) is 12.1. The molecule has 0 aliphatic carbocycles. The summed E-state index contributed by atoms with van der Waals surface area (Å²) in [6, 6.07) is 8.10. The number of hydrogen-bond donors (Lipinski definition) is 1. The largest absolute Gasteiger partial charge is 0.480 e. The van der Waals surface area contributed by atoms with Crippen molar-refractivity contribution in [3.63, 3.8) is 0 Å². The number of hydrogen-bond acceptors (Lipinski definition) is 3. The van der Waals surface area contributed by atoms with Crippen LogP contribution in [0.15, 0.2) is 47.4 Å². The van der Waals surface area contributed by atoms with Crippen molar-refractivity contribution < 1.29 is 31.3 Å². The minimum absolute atomic E-state index is 0.0218. The van der Waals surface area contributed by atoms with Crippen LogP contribution in [-0.2, 0) is 21.8 Å².